The Balaban J connectivity index is 0.00000100. The van der Waals surface area contributed by atoms with Crippen molar-refractivity contribution in [2.24, 2.45) is 0 Å². The van der Waals surface area contributed by atoms with Crippen molar-refractivity contribution in [3.05, 3.63) is 83.4 Å². The molecule has 3 rings (SSSR count). The van der Waals surface area contributed by atoms with Crippen LogP contribution in [0, 0.1) is 25.5 Å². The first-order chi connectivity index (χ1) is 11.5. The first-order valence-corrected chi connectivity index (χ1v) is 8.31. The molecule has 0 heterocycles. The summed E-state index contributed by atoms with van der Waals surface area (Å²) in [6, 6.07) is 18.7. The smallest absolute Gasteiger partial charge is 0.129 e. The van der Waals surface area contributed by atoms with Crippen LogP contribution in [0.25, 0.3) is 22.3 Å². The molecule has 3 heteroatoms. The van der Waals surface area contributed by atoms with E-state index in [1.165, 1.54) is 31.0 Å². The van der Waals surface area contributed by atoms with Gasteiger partial charge in [0, 0.05) is 11.9 Å². The number of rotatable bonds is 2. The lowest BCUT2D eigenvalue weighted by Crippen LogP contribution is -1.90. The van der Waals surface area contributed by atoms with Crippen LogP contribution in [0.15, 0.2) is 60.7 Å². The molecule has 0 aliphatic carbocycles. The highest BCUT2D eigenvalue weighted by Gasteiger charge is 2.08. The maximum absolute atomic E-state index is 13.7. The van der Waals surface area contributed by atoms with E-state index >= 15 is 0 Å². The fourth-order valence-electron chi connectivity index (χ4n) is 2.41. The van der Waals surface area contributed by atoms with Crippen LogP contribution in [0.4, 0.5) is 8.78 Å². The summed E-state index contributed by atoms with van der Waals surface area (Å²) in [5, 5.41) is 0. The van der Waals surface area contributed by atoms with E-state index in [1.807, 2.05) is 31.2 Å². The summed E-state index contributed by atoms with van der Waals surface area (Å²) >= 11 is 4.64. The lowest BCUT2D eigenvalue weighted by Gasteiger charge is -2.07. The molecule has 0 N–H and O–H groups in total. The maximum atomic E-state index is 13.7. The zero-order valence-corrected chi connectivity index (χ0v) is 14.7. The molecule has 0 nitrogen and oxygen atoms in total. The third-order valence-electron chi connectivity index (χ3n) is 3.88. The number of benzene rings is 3. The molecule has 3 aromatic rings. The zero-order valence-electron chi connectivity index (χ0n) is 13.9. The van der Waals surface area contributed by atoms with Crippen LogP contribution in [0.1, 0.15) is 11.1 Å². The standard InChI is InChI=1S/C20H16F2.CH3Cl/c1-13-3-5-15(6-4-13)16-7-9-17(10-8-16)18-11-19(21)14(2)20(22)12-18;1-2/h3-12H,1-2H3;1H3. The Bertz CT molecular complexity index is 783. The van der Waals surface area contributed by atoms with Gasteiger partial charge in [0.2, 0.25) is 0 Å². The Hall–Kier alpha value is -2.19. The molecule has 0 amide bonds. The van der Waals surface area contributed by atoms with Gasteiger partial charge in [-0.15, -0.1) is 11.6 Å². The Labute approximate surface area is 146 Å². The number of halogens is 3. The monoisotopic (exact) mass is 344 g/mol. The van der Waals surface area contributed by atoms with Gasteiger partial charge < -0.3 is 0 Å². The Morgan fingerprint density at radius 2 is 0.917 bits per heavy atom. The molecule has 0 aliphatic heterocycles. The van der Waals surface area contributed by atoms with Gasteiger partial charge in [-0.3, -0.25) is 0 Å². The van der Waals surface area contributed by atoms with Crippen molar-refractivity contribution in [3.8, 4) is 22.3 Å². The highest BCUT2D eigenvalue weighted by Crippen LogP contribution is 2.27. The van der Waals surface area contributed by atoms with Gasteiger partial charge in [-0.2, -0.15) is 0 Å². The molecular formula is C21H19ClF2. The third-order valence-corrected chi connectivity index (χ3v) is 3.88. The highest BCUT2D eigenvalue weighted by atomic mass is 35.5. The summed E-state index contributed by atoms with van der Waals surface area (Å²) in [5.74, 6) is -1.03. The molecule has 0 saturated carbocycles. The van der Waals surface area contributed by atoms with E-state index in [9.17, 15) is 8.78 Å². The molecule has 0 unspecified atom stereocenters. The number of aryl methyl sites for hydroxylation is 1. The van der Waals surface area contributed by atoms with Crippen LogP contribution in [-0.2, 0) is 0 Å². The van der Waals surface area contributed by atoms with Crippen molar-refractivity contribution in [3.63, 3.8) is 0 Å². The second-order valence-corrected chi connectivity index (χ2v) is 5.51. The SMILES string of the molecule is CCl.Cc1ccc(-c2ccc(-c3cc(F)c(C)c(F)c3)cc2)cc1. The van der Waals surface area contributed by atoms with Gasteiger partial charge in [0.1, 0.15) is 11.6 Å². The lowest BCUT2D eigenvalue weighted by atomic mass is 9.99. The Morgan fingerprint density at radius 3 is 1.33 bits per heavy atom. The van der Waals surface area contributed by atoms with Gasteiger partial charge in [0.05, 0.1) is 0 Å². The minimum atomic E-state index is -0.516. The van der Waals surface area contributed by atoms with Gasteiger partial charge >= 0.3 is 0 Å². The van der Waals surface area contributed by atoms with E-state index in [0.717, 1.165) is 16.7 Å². The average molecular weight is 345 g/mol. The first kappa shape index (κ1) is 18.2. The maximum Gasteiger partial charge on any atom is 0.129 e. The third kappa shape index (κ3) is 4.01. The van der Waals surface area contributed by atoms with Crippen LogP contribution in [0.5, 0.6) is 0 Å². The van der Waals surface area contributed by atoms with E-state index < -0.39 is 11.6 Å². The van der Waals surface area contributed by atoms with Crippen LogP contribution in [0.3, 0.4) is 0 Å². The van der Waals surface area contributed by atoms with E-state index in [1.54, 1.807) is 0 Å². The van der Waals surface area contributed by atoms with Crippen molar-refractivity contribution < 1.29 is 8.78 Å². The van der Waals surface area contributed by atoms with Crippen LogP contribution >= 0.6 is 11.6 Å². The van der Waals surface area contributed by atoms with Crippen LogP contribution in [0.2, 0.25) is 0 Å². The summed E-state index contributed by atoms with van der Waals surface area (Å²) in [6.45, 7) is 3.49. The summed E-state index contributed by atoms with van der Waals surface area (Å²) in [6.07, 6.45) is 1.47. The normalized spacial score (nSPS) is 10.1. The molecule has 0 radical (unpaired) electrons. The van der Waals surface area contributed by atoms with E-state index in [-0.39, 0.29) is 5.56 Å². The van der Waals surface area contributed by atoms with Crippen molar-refractivity contribution in [2.45, 2.75) is 13.8 Å². The predicted molar refractivity (Wildman–Crippen MR) is 98.5 cm³/mol. The molecule has 0 spiro atoms. The highest BCUT2D eigenvalue weighted by molar-refractivity contribution is 6.15. The zero-order chi connectivity index (χ0) is 17.7. The van der Waals surface area contributed by atoms with Gasteiger partial charge in [-0.1, -0.05) is 54.1 Å². The lowest BCUT2D eigenvalue weighted by molar-refractivity contribution is 0.569. The second kappa shape index (κ2) is 8.07. The molecule has 0 aromatic heterocycles. The Morgan fingerprint density at radius 1 is 0.583 bits per heavy atom. The quantitative estimate of drug-likeness (QED) is 0.450. The molecule has 0 aliphatic rings. The van der Waals surface area contributed by atoms with Crippen molar-refractivity contribution in [2.75, 3.05) is 6.38 Å². The minimum absolute atomic E-state index is 0.0556. The van der Waals surface area contributed by atoms with Crippen molar-refractivity contribution >= 4 is 11.6 Å². The van der Waals surface area contributed by atoms with E-state index in [0.29, 0.717) is 5.56 Å². The van der Waals surface area contributed by atoms with Gasteiger partial charge in [-0.05, 0) is 48.2 Å². The summed E-state index contributed by atoms with van der Waals surface area (Å²) in [4.78, 5) is 0. The van der Waals surface area contributed by atoms with E-state index in [4.69, 9.17) is 0 Å². The van der Waals surface area contributed by atoms with Crippen LogP contribution < -0.4 is 0 Å². The van der Waals surface area contributed by atoms with Gasteiger partial charge in [0.25, 0.3) is 0 Å². The number of alkyl halides is 1. The summed E-state index contributed by atoms with van der Waals surface area (Å²) < 4.78 is 27.3. The Kier molecular flexibility index (Phi) is 6.10. The first-order valence-electron chi connectivity index (χ1n) is 7.55. The molecule has 0 atom stereocenters. The number of hydrogen-bond acceptors (Lipinski definition) is 0. The molecule has 0 bridgehead atoms. The van der Waals surface area contributed by atoms with E-state index in [2.05, 4.69) is 35.9 Å². The number of hydrogen-bond donors (Lipinski definition) is 0. The molecule has 0 fully saturated rings. The molecular weight excluding hydrogens is 326 g/mol. The fourth-order valence-corrected chi connectivity index (χ4v) is 2.41. The fraction of sp³-hybridized carbons (Fsp3) is 0.143. The summed E-state index contributed by atoms with van der Waals surface area (Å²) in [7, 11) is 0. The largest absolute Gasteiger partial charge is 0.207 e. The van der Waals surface area contributed by atoms with Crippen molar-refractivity contribution in [1.82, 2.24) is 0 Å². The molecule has 0 saturated heterocycles. The summed E-state index contributed by atoms with van der Waals surface area (Å²) in [5.41, 5.74) is 4.82. The average Bonchev–Trinajstić information content (AvgIpc) is 2.62. The predicted octanol–water partition coefficient (Wildman–Crippen LogP) is 6.77. The molecule has 24 heavy (non-hydrogen) atoms. The van der Waals surface area contributed by atoms with Gasteiger partial charge in [-0.25, -0.2) is 8.78 Å². The molecule has 3 aromatic carbocycles. The topological polar surface area (TPSA) is 0 Å². The van der Waals surface area contributed by atoms with Crippen molar-refractivity contribution in [1.29, 1.82) is 0 Å². The minimum Gasteiger partial charge on any atom is -0.207 e. The molecule has 124 valence electrons. The van der Waals surface area contributed by atoms with Gasteiger partial charge in [0.15, 0.2) is 0 Å². The second-order valence-electron chi connectivity index (χ2n) is 5.51. The van der Waals surface area contributed by atoms with Crippen LogP contribution in [-0.4, -0.2) is 6.38 Å².